The molecule has 4 heteroatoms. The highest BCUT2D eigenvalue weighted by atomic mass is 16.5. The lowest BCUT2D eigenvalue weighted by Crippen LogP contribution is -2.20. The summed E-state index contributed by atoms with van der Waals surface area (Å²) in [4.78, 5) is 16.0. The van der Waals surface area contributed by atoms with Crippen LogP contribution in [0.2, 0.25) is 0 Å². The van der Waals surface area contributed by atoms with Crippen molar-refractivity contribution in [3.63, 3.8) is 0 Å². The summed E-state index contributed by atoms with van der Waals surface area (Å²) in [5.74, 6) is -0.288. The SMILES string of the molecule is Cc1ccc(-n2cnc3c2C(=O)OCC3)cc1. The van der Waals surface area contributed by atoms with Gasteiger partial charge in [-0.3, -0.25) is 4.57 Å². The summed E-state index contributed by atoms with van der Waals surface area (Å²) >= 11 is 0. The molecule has 4 nitrogen and oxygen atoms in total. The molecule has 0 atom stereocenters. The van der Waals surface area contributed by atoms with E-state index in [0.29, 0.717) is 18.7 Å². The first kappa shape index (κ1) is 10.1. The van der Waals surface area contributed by atoms with Crippen molar-refractivity contribution in [1.82, 2.24) is 9.55 Å². The minimum Gasteiger partial charge on any atom is -0.461 e. The quantitative estimate of drug-likeness (QED) is 0.700. The lowest BCUT2D eigenvalue weighted by atomic mass is 10.2. The molecule has 0 saturated heterocycles. The van der Waals surface area contributed by atoms with Crippen molar-refractivity contribution < 1.29 is 9.53 Å². The standard InChI is InChI=1S/C13H12N2O2/c1-9-2-4-10(5-3-9)15-8-14-11-6-7-17-13(16)12(11)15/h2-5,8H,6-7H2,1H3. The highest BCUT2D eigenvalue weighted by Gasteiger charge is 2.24. The summed E-state index contributed by atoms with van der Waals surface area (Å²) in [6.45, 7) is 2.46. The van der Waals surface area contributed by atoms with E-state index >= 15 is 0 Å². The van der Waals surface area contributed by atoms with Crippen LogP contribution >= 0.6 is 0 Å². The van der Waals surface area contributed by atoms with E-state index in [1.165, 1.54) is 5.56 Å². The van der Waals surface area contributed by atoms with Crippen LogP contribution in [0.5, 0.6) is 0 Å². The van der Waals surface area contributed by atoms with Gasteiger partial charge in [-0.2, -0.15) is 0 Å². The van der Waals surface area contributed by atoms with E-state index in [4.69, 9.17) is 4.74 Å². The molecule has 86 valence electrons. The van der Waals surface area contributed by atoms with E-state index in [-0.39, 0.29) is 5.97 Å². The molecule has 0 N–H and O–H groups in total. The third-order valence-corrected chi connectivity index (χ3v) is 2.92. The van der Waals surface area contributed by atoms with Crippen molar-refractivity contribution in [3.05, 3.63) is 47.5 Å². The van der Waals surface area contributed by atoms with Gasteiger partial charge in [-0.15, -0.1) is 0 Å². The number of ether oxygens (including phenoxy) is 1. The molecule has 0 aliphatic carbocycles. The van der Waals surface area contributed by atoms with E-state index in [9.17, 15) is 4.79 Å². The predicted molar refractivity (Wildman–Crippen MR) is 62.3 cm³/mol. The molecule has 1 aromatic heterocycles. The summed E-state index contributed by atoms with van der Waals surface area (Å²) < 4.78 is 6.84. The van der Waals surface area contributed by atoms with Crippen molar-refractivity contribution in [2.75, 3.05) is 6.61 Å². The Morgan fingerprint density at radius 1 is 1.29 bits per heavy atom. The van der Waals surface area contributed by atoms with Gasteiger partial charge in [0.1, 0.15) is 6.33 Å². The van der Waals surface area contributed by atoms with Crippen LogP contribution in [0.4, 0.5) is 0 Å². The number of benzene rings is 1. The number of carbonyl (C=O) groups excluding carboxylic acids is 1. The Labute approximate surface area is 98.9 Å². The van der Waals surface area contributed by atoms with Gasteiger partial charge < -0.3 is 4.74 Å². The second-order valence-corrected chi connectivity index (χ2v) is 4.13. The molecule has 0 amide bonds. The fraction of sp³-hybridized carbons (Fsp3) is 0.231. The monoisotopic (exact) mass is 228 g/mol. The van der Waals surface area contributed by atoms with Crippen molar-refractivity contribution >= 4 is 5.97 Å². The molecule has 0 radical (unpaired) electrons. The van der Waals surface area contributed by atoms with Crippen molar-refractivity contribution in [2.24, 2.45) is 0 Å². The van der Waals surface area contributed by atoms with Gasteiger partial charge in [-0.25, -0.2) is 9.78 Å². The maximum Gasteiger partial charge on any atom is 0.357 e. The molecular formula is C13H12N2O2. The fourth-order valence-corrected chi connectivity index (χ4v) is 1.99. The van der Waals surface area contributed by atoms with Crippen LogP contribution in [0.1, 0.15) is 21.7 Å². The Morgan fingerprint density at radius 2 is 2.06 bits per heavy atom. The molecule has 2 aromatic rings. The van der Waals surface area contributed by atoms with Crippen LogP contribution in [-0.4, -0.2) is 22.1 Å². The van der Waals surface area contributed by atoms with Crippen LogP contribution in [-0.2, 0) is 11.2 Å². The van der Waals surface area contributed by atoms with Crippen LogP contribution in [0.15, 0.2) is 30.6 Å². The van der Waals surface area contributed by atoms with Gasteiger partial charge in [0.25, 0.3) is 0 Å². The lowest BCUT2D eigenvalue weighted by Gasteiger charge is -2.13. The summed E-state index contributed by atoms with van der Waals surface area (Å²) in [6.07, 6.45) is 2.38. The third kappa shape index (κ3) is 1.62. The number of fused-ring (bicyclic) bond motifs is 1. The van der Waals surface area contributed by atoms with Crippen LogP contribution in [0, 0.1) is 6.92 Å². The molecule has 0 saturated carbocycles. The fourth-order valence-electron chi connectivity index (χ4n) is 1.99. The molecule has 17 heavy (non-hydrogen) atoms. The van der Waals surface area contributed by atoms with Crippen molar-refractivity contribution in [3.8, 4) is 5.69 Å². The van der Waals surface area contributed by atoms with Gasteiger partial charge in [0.2, 0.25) is 0 Å². The number of aryl methyl sites for hydroxylation is 1. The van der Waals surface area contributed by atoms with Crippen LogP contribution in [0.25, 0.3) is 5.69 Å². The number of hydrogen-bond donors (Lipinski definition) is 0. The van der Waals surface area contributed by atoms with E-state index in [1.54, 1.807) is 10.9 Å². The lowest BCUT2D eigenvalue weighted by molar-refractivity contribution is 0.0468. The topological polar surface area (TPSA) is 44.1 Å². The first-order valence-electron chi connectivity index (χ1n) is 5.56. The second kappa shape index (κ2) is 3.73. The van der Waals surface area contributed by atoms with E-state index in [0.717, 1.165) is 11.4 Å². The zero-order valence-electron chi connectivity index (χ0n) is 9.51. The largest absolute Gasteiger partial charge is 0.461 e. The minimum atomic E-state index is -0.288. The number of carbonyl (C=O) groups is 1. The van der Waals surface area contributed by atoms with Crippen LogP contribution < -0.4 is 0 Å². The molecule has 0 spiro atoms. The molecule has 1 aromatic carbocycles. The van der Waals surface area contributed by atoms with Gasteiger partial charge in [-0.1, -0.05) is 17.7 Å². The van der Waals surface area contributed by atoms with Crippen molar-refractivity contribution in [1.29, 1.82) is 0 Å². The molecule has 1 aliphatic heterocycles. The number of aromatic nitrogens is 2. The smallest absolute Gasteiger partial charge is 0.357 e. The maximum absolute atomic E-state index is 11.7. The minimum absolute atomic E-state index is 0.288. The van der Waals surface area contributed by atoms with Crippen LogP contribution in [0.3, 0.4) is 0 Å². The highest BCUT2D eigenvalue weighted by molar-refractivity contribution is 5.90. The number of cyclic esters (lactones) is 1. The summed E-state index contributed by atoms with van der Waals surface area (Å²) in [6, 6.07) is 7.96. The van der Waals surface area contributed by atoms with Gasteiger partial charge in [0.05, 0.1) is 12.3 Å². The first-order chi connectivity index (χ1) is 8.25. The van der Waals surface area contributed by atoms with Gasteiger partial charge in [-0.05, 0) is 19.1 Å². The molecule has 0 bridgehead atoms. The summed E-state index contributed by atoms with van der Waals surface area (Å²) in [7, 11) is 0. The Hall–Kier alpha value is -2.10. The van der Waals surface area contributed by atoms with Gasteiger partial charge in [0, 0.05) is 12.1 Å². The summed E-state index contributed by atoms with van der Waals surface area (Å²) in [5.41, 5.74) is 3.50. The number of hydrogen-bond acceptors (Lipinski definition) is 3. The maximum atomic E-state index is 11.7. The molecule has 0 unspecified atom stereocenters. The van der Waals surface area contributed by atoms with Gasteiger partial charge >= 0.3 is 5.97 Å². The summed E-state index contributed by atoms with van der Waals surface area (Å²) in [5, 5.41) is 0. The average Bonchev–Trinajstić information content (AvgIpc) is 2.75. The Kier molecular flexibility index (Phi) is 2.21. The molecule has 3 rings (SSSR count). The van der Waals surface area contributed by atoms with E-state index < -0.39 is 0 Å². The number of esters is 1. The van der Waals surface area contributed by atoms with E-state index in [1.807, 2.05) is 31.2 Å². The highest BCUT2D eigenvalue weighted by Crippen LogP contribution is 2.20. The predicted octanol–water partition coefficient (Wildman–Crippen LogP) is 1.89. The van der Waals surface area contributed by atoms with E-state index in [2.05, 4.69) is 4.98 Å². The Bertz CT molecular complexity index is 570. The second-order valence-electron chi connectivity index (χ2n) is 4.13. The molecule has 2 heterocycles. The van der Waals surface area contributed by atoms with Crippen molar-refractivity contribution in [2.45, 2.75) is 13.3 Å². The number of imidazole rings is 1. The molecular weight excluding hydrogens is 216 g/mol. The third-order valence-electron chi connectivity index (χ3n) is 2.92. The zero-order valence-corrected chi connectivity index (χ0v) is 9.51. The first-order valence-corrected chi connectivity index (χ1v) is 5.56. The molecule has 0 fully saturated rings. The number of nitrogens with zero attached hydrogens (tertiary/aromatic N) is 2. The molecule has 1 aliphatic rings. The van der Waals surface area contributed by atoms with Gasteiger partial charge in [0.15, 0.2) is 5.69 Å². The Balaban J connectivity index is 2.12. The normalized spacial score (nSPS) is 14.3. The average molecular weight is 228 g/mol. The zero-order chi connectivity index (χ0) is 11.8. The Morgan fingerprint density at radius 3 is 2.82 bits per heavy atom. The number of rotatable bonds is 1.